The number of anilines is 1. The highest BCUT2D eigenvalue weighted by Crippen LogP contribution is 2.29. The Morgan fingerprint density at radius 3 is 2.36 bits per heavy atom. The summed E-state index contributed by atoms with van der Waals surface area (Å²) < 4.78 is 27.4. The summed E-state index contributed by atoms with van der Waals surface area (Å²) in [5, 5.41) is 13.6. The molecule has 2 aromatic rings. The third kappa shape index (κ3) is 5.01. The van der Waals surface area contributed by atoms with Gasteiger partial charge in [-0.3, -0.25) is 14.9 Å². The van der Waals surface area contributed by atoms with Gasteiger partial charge >= 0.3 is 5.69 Å². The van der Waals surface area contributed by atoms with Crippen molar-refractivity contribution in [1.29, 1.82) is 0 Å². The van der Waals surface area contributed by atoms with Crippen molar-refractivity contribution in [2.75, 3.05) is 18.7 Å². The van der Waals surface area contributed by atoms with Crippen molar-refractivity contribution in [2.45, 2.75) is 5.75 Å². The quantitative estimate of drug-likeness (QED) is 0.621. The fourth-order valence-corrected chi connectivity index (χ4v) is 2.97. The SMILES string of the molecule is COc1ccc(NC(=O)c2ccc(CS(C)(=O)=O)cc2)cc1[N+](=O)[O-]. The molecule has 8 nitrogen and oxygen atoms in total. The van der Waals surface area contributed by atoms with Crippen LogP contribution in [-0.2, 0) is 15.6 Å². The van der Waals surface area contributed by atoms with Crippen LogP contribution in [0.25, 0.3) is 0 Å². The summed E-state index contributed by atoms with van der Waals surface area (Å²) in [6.07, 6.45) is 1.13. The van der Waals surface area contributed by atoms with E-state index in [1.54, 1.807) is 12.1 Å². The van der Waals surface area contributed by atoms with Crippen LogP contribution in [0.4, 0.5) is 11.4 Å². The smallest absolute Gasteiger partial charge is 0.312 e. The topological polar surface area (TPSA) is 116 Å². The molecule has 0 unspecified atom stereocenters. The van der Waals surface area contributed by atoms with Crippen molar-refractivity contribution in [3.05, 3.63) is 63.7 Å². The lowest BCUT2D eigenvalue weighted by atomic mass is 10.1. The molecule has 0 spiro atoms. The fraction of sp³-hybridized carbons (Fsp3) is 0.188. The number of nitrogens with zero attached hydrogens (tertiary/aromatic N) is 1. The Morgan fingerprint density at radius 2 is 1.84 bits per heavy atom. The lowest BCUT2D eigenvalue weighted by Gasteiger charge is -2.08. The van der Waals surface area contributed by atoms with Gasteiger partial charge in [-0.15, -0.1) is 0 Å². The summed E-state index contributed by atoms with van der Waals surface area (Å²) in [7, 11) is -1.84. The second kappa shape index (κ2) is 7.31. The van der Waals surface area contributed by atoms with Crippen molar-refractivity contribution in [2.24, 2.45) is 0 Å². The molecule has 0 bridgehead atoms. The molecule has 2 rings (SSSR count). The lowest BCUT2D eigenvalue weighted by Crippen LogP contribution is -2.12. The van der Waals surface area contributed by atoms with Gasteiger partial charge < -0.3 is 10.1 Å². The molecule has 0 aliphatic rings. The zero-order valence-corrected chi connectivity index (χ0v) is 14.4. The number of hydrogen-bond donors (Lipinski definition) is 1. The Labute approximate surface area is 144 Å². The van der Waals surface area contributed by atoms with Crippen molar-refractivity contribution in [3.63, 3.8) is 0 Å². The number of methoxy groups -OCH3 is 1. The van der Waals surface area contributed by atoms with Gasteiger partial charge in [0.2, 0.25) is 0 Å². The third-order valence-corrected chi connectivity index (χ3v) is 4.14. The number of nitro benzene ring substituents is 1. The Balaban J connectivity index is 2.17. The predicted molar refractivity (Wildman–Crippen MR) is 92.6 cm³/mol. The molecule has 25 heavy (non-hydrogen) atoms. The molecule has 0 saturated carbocycles. The summed E-state index contributed by atoms with van der Waals surface area (Å²) in [5.74, 6) is -0.488. The van der Waals surface area contributed by atoms with Gasteiger partial charge in [0.25, 0.3) is 5.91 Å². The van der Waals surface area contributed by atoms with Crippen LogP contribution in [0.1, 0.15) is 15.9 Å². The number of ether oxygens (including phenoxy) is 1. The highest BCUT2D eigenvalue weighted by molar-refractivity contribution is 7.89. The Hall–Kier alpha value is -2.94. The largest absolute Gasteiger partial charge is 0.490 e. The molecule has 0 radical (unpaired) electrons. The maximum atomic E-state index is 12.2. The van der Waals surface area contributed by atoms with Crippen molar-refractivity contribution in [3.8, 4) is 5.75 Å². The zero-order chi connectivity index (χ0) is 18.6. The minimum atomic E-state index is -3.15. The van der Waals surface area contributed by atoms with Gasteiger partial charge in [-0.1, -0.05) is 12.1 Å². The van der Waals surface area contributed by atoms with Crippen LogP contribution >= 0.6 is 0 Å². The van der Waals surface area contributed by atoms with Gasteiger partial charge in [-0.05, 0) is 29.8 Å². The summed E-state index contributed by atoms with van der Waals surface area (Å²) in [6, 6.07) is 10.2. The van der Waals surface area contributed by atoms with E-state index in [4.69, 9.17) is 4.74 Å². The number of hydrogen-bond acceptors (Lipinski definition) is 6. The van der Waals surface area contributed by atoms with E-state index in [0.717, 1.165) is 6.26 Å². The summed E-state index contributed by atoms with van der Waals surface area (Å²) in [5.41, 5.74) is 0.858. The molecule has 0 aromatic heterocycles. The van der Waals surface area contributed by atoms with Crippen molar-refractivity contribution < 1.29 is 22.9 Å². The van der Waals surface area contributed by atoms with Crippen molar-refractivity contribution >= 4 is 27.1 Å². The Morgan fingerprint density at radius 1 is 1.20 bits per heavy atom. The monoisotopic (exact) mass is 364 g/mol. The molecule has 0 atom stereocenters. The van der Waals surface area contributed by atoms with Crippen molar-refractivity contribution in [1.82, 2.24) is 0 Å². The Kier molecular flexibility index (Phi) is 5.38. The minimum Gasteiger partial charge on any atom is -0.490 e. The Bertz CT molecular complexity index is 907. The van der Waals surface area contributed by atoms with Gasteiger partial charge in [0, 0.05) is 23.6 Å². The van der Waals surface area contributed by atoms with Crippen LogP contribution in [0, 0.1) is 10.1 Å². The molecule has 1 N–H and O–H groups in total. The molecular weight excluding hydrogens is 348 g/mol. The molecule has 1 amide bonds. The first kappa shape index (κ1) is 18.4. The molecule has 0 heterocycles. The molecule has 0 aliphatic carbocycles. The van der Waals surface area contributed by atoms with E-state index in [2.05, 4.69) is 5.32 Å². The molecule has 0 fully saturated rings. The predicted octanol–water partition coefficient (Wildman–Crippen LogP) is 2.40. The van der Waals surface area contributed by atoms with Gasteiger partial charge in [-0.25, -0.2) is 8.42 Å². The average Bonchev–Trinajstić information content (AvgIpc) is 2.53. The molecule has 0 aliphatic heterocycles. The zero-order valence-electron chi connectivity index (χ0n) is 13.6. The van der Waals surface area contributed by atoms with Crippen LogP contribution in [0.3, 0.4) is 0 Å². The van der Waals surface area contributed by atoms with Crippen LogP contribution in [0.15, 0.2) is 42.5 Å². The number of carbonyl (C=O) groups excluding carboxylic acids is 1. The number of benzene rings is 2. The van der Waals surface area contributed by atoms with Gasteiger partial charge in [0.05, 0.1) is 17.8 Å². The summed E-state index contributed by atoms with van der Waals surface area (Å²) in [6.45, 7) is 0. The fourth-order valence-electron chi connectivity index (χ4n) is 2.17. The number of carbonyl (C=O) groups is 1. The summed E-state index contributed by atoms with van der Waals surface area (Å²) in [4.78, 5) is 22.6. The number of nitrogens with one attached hydrogen (secondary N) is 1. The standard InChI is InChI=1S/C16H16N2O6S/c1-24-15-8-7-13(9-14(15)18(20)21)17-16(19)12-5-3-11(4-6-12)10-25(2,22)23/h3-9H,10H2,1-2H3,(H,17,19). The van der Waals surface area contributed by atoms with Gasteiger partial charge in [0.15, 0.2) is 15.6 Å². The second-order valence-electron chi connectivity index (χ2n) is 5.36. The molecule has 0 saturated heterocycles. The number of sulfone groups is 1. The lowest BCUT2D eigenvalue weighted by molar-refractivity contribution is -0.385. The first-order valence-electron chi connectivity index (χ1n) is 7.10. The second-order valence-corrected chi connectivity index (χ2v) is 7.51. The average molecular weight is 364 g/mol. The maximum Gasteiger partial charge on any atom is 0.312 e. The van der Waals surface area contributed by atoms with Gasteiger partial charge in [0.1, 0.15) is 0 Å². The maximum absolute atomic E-state index is 12.2. The van der Waals surface area contributed by atoms with E-state index in [9.17, 15) is 23.3 Å². The normalized spacial score (nSPS) is 11.0. The number of rotatable bonds is 6. The third-order valence-electron chi connectivity index (χ3n) is 3.28. The van der Waals surface area contributed by atoms with E-state index in [1.165, 1.54) is 37.4 Å². The molecule has 9 heteroatoms. The summed E-state index contributed by atoms with van der Waals surface area (Å²) >= 11 is 0. The highest BCUT2D eigenvalue weighted by atomic mass is 32.2. The number of nitro groups is 1. The number of amides is 1. The van der Waals surface area contributed by atoms with Crippen LogP contribution in [0.5, 0.6) is 5.75 Å². The van der Waals surface area contributed by atoms with Gasteiger partial charge in [-0.2, -0.15) is 0 Å². The van der Waals surface area contributed by atoms with E-state index in [-0.39, 0.29) is 22.9 Å². The molecular formula is C16H16N2O6S. The van der Waals surface area contributed by atoms with E-state index in [0.29, 0.717) is 11.1 Å². The molecule has 2 aromatic carbocycles. The van der Waals surface area contributed by atoms with Crippen LogP contribution < -0.4 is 10.1 Å². The first-order valence-corrected chi connectivity index (χ1v) is 9.16. The van der Waals surface area contributed by atoms with Crippen LogP contribution in [-0.4, -0.2) is 32.6 Å². The highest BCUT2D eigenvalue weighted by Gasteiger charge is 2.16. The van der Waals surface area contributed by atoms with E-state index < -0.39 is 20.7 Å². The van der Waals surface area contributed by atoms with Crippen LogP contribution in [0.2, 0.25) is 0 Å². The first-order chi connectivity index (χ1) is 11.7. The minimum absolute atomic E-state index is 0.0909. The van der Waals surface area contributed by atoms with E-state index in [1.807, 2.05) is 0 Å². The molecule has 132 valence electrons. The van der Waals surface area contributed by atoms with E-state index >= 15 is 0 Å².